The van der Waals surface area contributed by atoms with Crippen LogP contribution >= 0.6 is 68.8 Å². The highest BCUT2D eigenvalue weighted by Crippen LogP contribution is 2.51. The minimum Gasteiger partial charge on any atom is -0.236 e. The molecule has 0 spiro atoms. The fraction of sp³-hybridized carbons (Fsp3) is 0.320. The molecule has 4 aromatic carbocycles. The second kappa shape index (κ2) is 17.4. The van der Waals surface area contributed by atoms with Crippen molar-refractivity contribution in [2.45, 2.75) is 91.1 Å². The molecule has 11 rings (SSSR count). The van der Waals surface area contributed by atoms with Crippen molar-refractivity contribution < 1.29 is 0 Å². The average Bonchev–Trinajstić information content (AvgIpc) is 4.17. The molecule has 6 nitrogen and oxygen atoms in total. The van der Waals surface area contributed by atoms with Crippen LogP contribution in [0.15, 0.2) is 84.9 Å². The lowest BCUT2D eigenvalue weighted by Crippen LogP contribution is -2.56. The van der Waals surface area contributed by atoms with Crippen molar-refractivity contribution in [2.75, 3.05) is 0 Å². The Kier molecular flexibility index (Phi) is 11.5. The maximum Gasteiger partial charge on any atom is 0.126 e. The highest BCUT2D eigenvalue weighted by Gasteiger charge is 2.50. The van der Waals surface area contributed by atoms with Gasteiger partial charge >= 0.3 is 0 Å². The predicted octanol–water partition coefficient (Wildman–Crippen LogP) is 15.7. The van der Waals surface area contributed by atoms with E-state index in [4.69, 9.17) is 27.5 Å². The lowest BCUT2D eigenvalue weighted by atomic mass is 10.0. The van der Waals surface area contributed by atoms with E-state index in [0.29, 0.717) is 11.8 Å². The van der Waals surface area contributed by atoms with Crippen LogP contribution in [0.3, 0.4) is 0 Å². The average molecular weight is 953 g/mol. The van der Waals surface area contributed by atoms with Gasteiger partial charge in [-0.25, -0.2) is 9.97 Å². The molecular weight excluding hydrogens is 905 g/mol. The molecule has 0 bridgehead atoms. The van der Waals surface area contributed by atoms with Crippen LogP contribution in [0.25, 0.3) is 94.3 Å². The summed E-state index contributed by atoms with van der Waals surface area (Å²) in [5.74, 6) is 1.41. The van der Waals surface area contributed by atoms with Gasteiger partial charge in [-0.3, -0.25) is 0 Å². The maximum absolute atomic E-state index is 5.04. The first-order valence-electron chi connectivity index (χ1n) is 22.5. The zero-order valence-corrected chi connectivity index (χ0v) is 41.8. The predicted molar refractivity (Wildman–Crippen MR) is 279 cm³/mol. The summed E-state index contributed by atoms with van der Waals surface area (Å²) in [7, 11) is -2.30. The van der Waals surface area contributed by atoms with E-state index in [1.165, 1.54) is 127 Å². The molecule has 0 radical (unpaired) electrons. The molecule has 2 atom stereocenters. The first kappa shape index (κ1) is 41.6. The second-order valence-electron chi connectivity index (χ2n) is 17.2. The highest BCUT2D eigenvalue weighted by molar-refractivity contribution is 7.32. The van der Waals surface area contributed by atoms with Crippen LogP contribution in [-0.4, -0.2) is 35.5 Å². The van der Waals surface area contributed by atoms with Crippen molar-refractivity contribution in [2.24, 2.45) is 11.8 Å². The normalized spacial score (nSPS) is 14.3. The Morgan fingerprint density at radius 2 is 0.905 bits per heavy atom. The van der Waals surface area contributed by atoms with Crippen LogP contribution in [0, 0.1) is 11.8 Å². The molecule has 2 unspecified atom stereocenters. The van der Waals surface area contributed by atoms with Crippen LogP contribution in [-0.2, 0) is 0 Å². The number of thiophene rings is 2. The SMILES string of the molecule is CCCCC(CC)C[Si]1(CC(CC)CCCC)c2cc(-c3ccc(-c4nc5ccccc5s4)c4nsnc34)sc2-c2sc(-c3ccc(-c4nc5ccccc5s4)c4nsnc34)cc21. The standard InChI is InChI=1S/C50H48N6S6Si/c1-5-9-15-29(7-3)27-63(28-30(8-4)16-10-6-2)41-25-39(31-21-23-33(45-43(31)53-61-55-45)49-51-35-17-11-13-19-37(35)59-49)57-47(41)48-42(63)26-40(58-48)32-22-24-34(46-44(32)54-62-56-46)50-52-36-18-12-14-20-38(36)60-50/h11-14,17-26,29-30H,5-10,15-16,27-28H2,1-4H3. The van der Waals surface area contributed by atoms with Crippen molar-refractivity contribution in [1.82, 2.24) is 27.5 Å². The maximum atomic E-state index is 5.04. The van der Waals surface area contributed by atoms with Crippen molar-refractivity contribution >= 4 is 130 Å². The zero-order chi connectivity index (χ0) is 42.7. The Labute approximate surface area is 393 Å². The number of fused-ring (bicyclic) bond motifs is 7. The van der Waals surface area contributed by atoms with Crippen molar-refractivity contribution in [1.29, 1.82) is 0 Å². The van der Waals surface area contributed by atoms with E-state index in [0.717, 1.165) is 54.2 Å². The molecule has 0 fully saturated rings. The van der Waals surface area contributed by atoms with Gasteiger partial charge in [-0.05, 0) is 82.8 Å². The van der Waals surface area contributed by atoms with E-state index in [1.54, 1.807) is 33.0 Å². The van der Waals surface area contributed by atoms with E-state index >= 15 is 0 Å². The van der Waals surface area contributed by atoms with Gasteiger partial charge in [0.15, 0.2) is 0 Å². The molecule has 0 saturated carbocycles. The van der Waals surface area contributed by atoms with Gasteiger partial charge in [0.25, 0.3) is 0 Å². The van der Waals surface area contributed by atoms with Gasteiger partial charge in [0.2, 0.25) is 0 Å². The summed E-state index contributed by atoms with van der Waals surface area (Å²) in [6.45, 7) is 9.60. The number of aromatic nitrogens is 6. The largest absolute Gasteiger partial charge is 0.236 e. The lowest BCUT2D eigenvalue weighted by molar-refractivity contribution is 0.469. The first-order chi connectivity index (χ1) is 31.0. The number of hydrogen-bond acceptors (Lipinski definition) is 12. The third-order valence-corrected chi connectivity index (χ3v) is 24.9. The molecule has 0 aliphatic carbocycles. The Hall–Kier alpha value is -4.08. The number of thiazole rings is 2. The van der Waals surface area contributed by atoms with Gasteiger partial charge in [-0.2, -0.15) is 17.5 Å². The molecule has 0 saturated heterocycles. The topological polar surface area (TPSA) is 77.3 Å². The van der Waals surface area contributed by atoms with Crippen LogP contribution in [0.5, 0.6) is 0 Å². The number of unbranched alkanes of at least 4 members (excludes halogenated alkanes) is 2. The summed E-state index contributed by atoms with van der Waals surface area (Å²) >= 11 is 10.1. The van der Waals surface area contributed by atoms with Crippen LogP contribution in [0.1, 0.15) is 79.1 Å². The molecule has 13 heteroatoms. The van der Waals surface area contributed by atoms with Gasteiger partial charge in [0, 0.05) is 41.8 Å². The third-order valence-electron chi connectivity index (χ3n) is 13.5. The summed E-state index contributed by atoms with van der Waals surface area (Å²) in [6, 6.07) is 33.9. The smallest absolute Gasteiger partial charge is 0.126 e. The summed E-state index contributed by atoms with van der Waals surface area (Å²) in [4.78, 5) is 15.7. The molecule has 318 valence electrons. The Morgan fingerprint density at radius 3 is 1.32 bits per heavy atom. The van der Waals surface area contributed by atoms with Gasteiger partial charge in [0.05, 0.1) is 43.9 Å². The first-order valence-corrected chi connectivity index (χ1v) is 29.7. The van der Waals surface area contributed by atoms with Crippen LogP contribution in [0.4, 0.5) is 0 Å². The van der Waals surface area contributed by atoms with E-state index in [1.807, 2.05) is 22.7 Å². The summed E-state index contributed by atoms with van der Waals surface area (Å²) in [6.07, 6.45) is 10.2. The Morgan fingerprint density at radius 1 is 0.492 bits per heavy atom. The van der Waals surface area contributed by atoms with Gasteiger partial charge in [-0.1, -0.05) is 115 Å². The Bertz CT molecular complexity index is 2980. The monoisotopic (exact) mass is 952 g/mol. The minimum absolute atomic E-state index is 0.705. The summed E-state index contributed by atoms with van der Waals surface area (Å²) in [5, 5.41) is 5.37. The third kappa shape index (κ3) is 7.26. The van der Waals surface area contributed by atoms with E-state index in [-0.39, 0.29) is 0 Å². The van der Waals surface area contributed by atoms with Crippen LogP contribution in [0.2, 0.25) is 12.1 Å². The highest BCUT2D eigenvalue weighted by atomic mass is 32.1. The fourth-order valence-corrected chi connectivity index (χ4v) is 23.7. The molecule has 7 heterocycles. The summed E-state index contributed by atoms with van der Waals surface area (Å²) in [5.41, 5.74) is 10.5. The number of nitrogens with zero attached hydrogens (tertiary/aromatic N) is 6. The van der Waals surface area contributed by atoms with Crippen molar-refractivity contribution in [3.63, 3.8) is 0 Å². The van der Waals surface area contributed by atoms with Crippen molar-refractivity contribution in [3.05, 3.63) is 84.9 Å². The molecule has 0 N–H and O–H groups in total. The molecule has 1 aliphatic rings. The number of hydrogen-bond donors (Lipinski definition) is 0. The van der Waals surface area contributed by atoms with Crippen LogP contribution < -0.4 is 10.4 Å². The van der Waals surface area contributed by atoms with Gasteiger partial charge in [0.1, 0.15) is 40.2 Å². The number of para-hydroxylation sites is 2. The summed E-state index contributed by atoms with van der Waals surface area (Å²) < 4.78 is 22.3. The molecule has 6 aromatic heterocycles. The minimum atomic E-state index is -2.30. The molecule has 1 aliphatic heterocycles. The quantitative estimate of drug-likeness (QED) is 0.0898. The van der Waals surface area contributed by atoms with E-state index < -0.39 is 8.07 Å². The molecule has 63 heavy (non-hydrogen) atoms. The molecule has 10 aromatic rings. The molecule has 0 amide bonds. The van der Waals surface area contributed by atoms with E-state index in [9.17, 15) is 0 Å². The van der Waals surface area contributed by atoms with Gasteiger partial charge < -0.3 is 0 Å². The molecular formula is C50H48N6S6Si. The number of rotatable bonds is 16. The number of benzene rings is 4. The zero-order valence-electron chi connectivity index (χ0n) is 35.9. The lowest BCUT2D eigenvalue weighted by Gasteiger charge is -2.35. The van der Waals surface area contributed by atoms with E-state index in [2.05, 4.69) is 113 Å². The van der Waals surface area contributed by atoms with Gasteiger partial charge in [-0.15, -0.1) is 45.3 Å². The second-order valence-corrected chi connectivity index (χ2v) is 26.5. The van der Waals surface area contributed by atoms with Crippen molar-refractivity contribution in [3.8, 4) is 51.8 Å². The fourth-order valence-electron chi connectivity index (χ4n) is 10.1. The Balaban J connectivity index is 1.08.